The fourth-order valence-electron chi connectivity index (χ4n) is 0.845. The number of rotatable bonds is 5. The maximum atomic E-state index is 7.40. The molecule has 0 aliphatic rings. The van der Waals surface area contributed by atoms with Crippen LogP contribution in [0.15, 0.2) is 43.0 Å². The molecule has 0 fully saturated rings. The third-order valence-corrected chi connectivity index (χ3v) is 1.41. The van der Waals surface area contributed by atoms with Crippen LogP contribution in [0.1, 0.15) is 16.0 Å². The Balaban J connectivity index is 2.37. The van der Waals surface area contributed by atoms with Gasteiger partial charge in [0.25, 0.3) is 0 Å². The van der Waals surface area contributed by atoms with Crippen molar-refractivity contribution in [3.63, 3.8) is 0 Å². The van der Waals surface area contributed by atoms with Gasteiger partial charge in [-0.3, -0.25) is 0 Å². The van der Waals surface area contributed by atoms with E-state index in [1.165, 1.54) is 0 Å². The molecule has 0 unspecified atom stereocenters. The van der Waals surface area contributed by atoms with Gasteiger partial charge >= 0.3 is 0 Å². The smallest absolute Gasteiger partial charge is 0.0717 e. The number of benzene rings is 1. The highest BCUT2D eigenvalue weighted by atomic mass is 16.5. The van der Waals surface area contributed by atoms with Crippen LogP contribution < -0.4 is 0 Å². The molecule has 0 saturated carbocycles. The van der Waals surface area contributed by atoms with Crippen molar-refractivity contribution in [2.24, 2.45) is 0 Å². The zero-order chi connectivity index (χ0) is 11.3. The van der Waals surface area contributed by atoms with Gasteiger partial charge in [-0.15, -0.1) is 6.58 Å². The van der Waals surface area contributed by atoms with E-state index in [4.69, 9.17) is 8.85 Å². The highest BCUT2D eigenvalue weighted by Crippen LogP contribution is 2.00. The van der Waals surface area contributed by atoms with Crippen molar-refractivity contribution in [1.82, 2.24) is 0 Å². The molecule has 0 aliphatic heterocycles. The summed E-state index contributed by atoms with van der Waals surface area (Å²) >= 11 is 0. The lowest BCUT2D eigenvalue weighted by Gasteiger charge is -2.01. The Bertz CT molecular complexity index is 322. The van der Waals surface area contributed by atoms with Crippen LogP contribution in [-0.4, -0.2) is 6.61 Å². The molecule has 0 saturated heterocycles. The molecule has 0 N–H and O–H groups in total. The summed E-state index contributed by atoms with van der Waals surface area (Å²) in [6.07, 6.45) is -1.77. The van der Waals surface area contributed by atoms with Crippen molar-refractivity contribution >= 4 is 0 Å². The zero-order valence-electron chi connectivity index (χ0n) is 9.92. The molecule has 1 aromatic carbocycles. The molecule has 0 aromatic heterocycles. The van der Waals surface area contributed by atoms with Crippen LogP contribution in [0.3, 0.4) is 0 Å². The molecule has 1 aromatic rings. The highest BCUT2D eigenvalue weighted by Gasteiger charge is 1.89. The lowest BCUT2D eigenvalue weighted by atomic mass is 10.2. The first-order chi connectivity index (χ1) is 7.02. The Morgan fingerprint density at radius 2 is 2.25 bits per heavy atom. The van der Waals surface area contributed by atoms with Gasteiger partial charge in [0.05, 0.1) is 14.6 Å². The van der Waals surface area contributed by atoms with Gasteiger partial charge in [-0.1, -0.05) is 36.4 Å². The molecule has 0 atom stereocenters. The minimum atomic E-state index is -1.77. The summed E-state index contributed by atoms with van der Waals surface area (Å²) in [5.74, 6) is 0. The van der Waals surface area contributed by atoms with Gasteiger partial charge in [0.15, 0.2) is 0 Å². The second-order valence-electron chi connectivity index (χ2n) is 2.33. The Hall–Kier alpha value is -1.08. The summed E-state index contributed by atoms with van der Waals surface area (Å²) in [5.41, 5.74) is 0.990. The molecular formula is C11H14O. The van der Waals surface area contributed by atoms with Gasteiger partial charge in [0, 0.05) is 2.74 Å². The van der Waals surface area contributed by atoms with Crippen LogP contribution in [0.4, 0.5) is 0 Å². The Labute approximate surface area is 77.9 Å². The van der Waals surface area contributed by atoms with Crippen LogP contribution in [0.2, 0.25) is 0 Å². The Morgan fingerprint density at radius 3 is 2.92 bits per heavy atom. The first-order valence-corrected chi connectivity index (χ1v) is 3.80. The average molecular weight is 165 g/mol. The molecule has 0 aliphatic carbocycles. The van der Waals surface area contributed by atoms with Crippen molar-refractivity contribution in [2.45, 2.75) is 13.0 Å². The second kappa shape index (κ2) is 5.56. The fourth-order valence-corrected chi connectivity index (χ4v) is 0.845. The molecular weight excluding hydrogens is 148 g/mol. The van der Waals surface area contributed by atoms with E-state index in [0.29, 0.717) is 6.61 Å². The summed E-state index contributed by atoms with van der Waals surface area (Å²) < 4.78 is 27.1. The van der Waals surface area contributed by atoms with Gasteiger partial charge in [0.2, 0.25) is 0 Å². The Morgan fingerprint density at radius 1 is 1.50 bits per heavy atom. The van der Waals surface area contributed by atoms with Gasteiger partial charge in [-0.2, -0.15) is 0 Å². The maximum Gasteiger partial charge on any atom is 0.0717 e. The normalized spacial score (nSPS) is 14.5. The average Bonchev–Trinajstić information content (AvgIpc) is 2.19. The van der Waals surface area contributed by atoms with Crippen molar-refractivity contribution < 1.29 is 8.85 Å². The summed E-state index contributed by atoms with van der Waals surface area (Å²) in [6, 6.07) is 9.27. The lowest BCUT2D eigenvalue weighted by Crippen LogP contribution is -1.93. The predicted molar refractivity (Wildman–Crippen MR) is 50.9 cm³/mol. The van der Waals surface area contributed by atoms with Crippen LogP contribution in [0.5, 0.6) is 0 Å². The summed E-state index contributed by atoms with van der Waals surface area (Å²) in [5, 5.41) is 0. The van der Waals surface area contributed by atoms with Crippen molar-refractivity contribution in [2.75, 3.05) is 6.61 Å². The molecule has 0 radical (unpaired) electrons. The third-order valence-electron chi connectivity index (χ3n) is 1.41. The highest BCUT2D eigenvalue weighted by molar-refractivity contribution is 5.13. The molecule has 12 heavy (non-hydrogen) atoms. The minimum Gasteiger partial charge on any atom is -0.376 e. The van der Waals surface area contributed by atoms with Crippen molar-refractivity contribution in [3.8, 4) is 0 Å². The molecule has 1 heteroatoms. The minimum absolute atomic E-state index is 0.135. The standard InChI is InChI=1S/C11H14O/c1-2-3-9-12-10-11-7-5-4-6-8-11/h2,4-8H,1,3,9-10H2/i2D,3D2. The number of ether oxygens (including phenoxy) is 1. The molecule has 0 bridgehead atoms. The van der Waals surface area contributed by atoms with E-state index in [2.05, 4.69) is 6.58 Å². The summed E-state index contributed by atoms with van der Waals surface area (Å²) in [6.45, 7) is 3.48. The fraction of sp³-hybridized carbons (Fsp3) is 0.273. The van der Waals surface area contributed by atoms with Gasteiger partial charge in [0.1, 0.15) is 0 Å². The van der Waals surface area contributed by atoms with E-state index in [1.54, 1.807) is 0 Å². The summed E-state index contributed by atoms with van der Waals surface area (Å²) in [7, 11) is 0. The van der Waals surface area contributed by atoms with Crippen LogP contribution in [0.25, 0.3) is 0 Å². The summed E-state index contributed by atoms with van der Waals surface area (Å²) in [4.78, 5) is 0. The van der Waals surface area contributed by atoms with E-state index in [-0.39, 0.29) is 12.7 Å². The van der Waals surface area contributed by atoms with Crippen LogP contribution >= 0.6 is 0 Å². The van der Waals surface area contributed by atoms with E-state index >= 15 is 0 Å². The Kier molecular flexibility index (Phi) is 2.57. The molecule has 0 spiro atoms. The predicted octanol–water partition coefficient (Wildman–Crippen LogP) is 2.78. The van der Waals surface area contributed by atoms with E-state index in [0.717, 1.165) is 5.56 Å². The first-order valence-electron chi connectivity index (χ1n) is 5.30. The topological polar surface area (TPSA) is 9.23 Å². The SMILES string of the molecule is [2H]C(=C)C([2H])([2H])COCc1ccccc1. The second-order valence-corrected chi connectivity index (χ2v) is 2.33. The van der Waals surface area contributed by atoms with E-state index in [9.17, 15) is 0 Å². The molecule has 0 amide bonds. The van der Waals surface area contributed by atoms with Crippen LogP contribution in [0, 0.1) is 0 Å². The maximum absolute atomic E-state index is 7.40. The monoisotopic (exact) mass is 165 g/mol. The molecule has 1 nitrogen and oxygen atoms in total. The van der Waals surface area contributed by atoms with Gasteiger partial charge in [-0.05, 0) is 11.9 Å². The largest absolute Gasteiger partial charge is 0.376 e. The van der Waals surface area contributed by atoms with Gasteiger partial charge in [-0.25, -0.2) is 0 Å². The lowest BCUT2D eigenvalue weighted by molar-refractivity contribution is 0.125. The van der Waals surface area contributed by atoms with E-state index in [1.807, 2.05) is 30.3 Å². The molecule has 0 heterocycles. The van der Waals surface area contributed by atoms with Crippen molar-refractivity contribution in [3.05, 3.63) is 48.5 Å². The molecule has 64 valence electrons. The number of hydrogen-bond acceptors (Lipinski definition) is 1. The zero-order valence-corrected chi connectivity index (χ0v) is 6.92. The number of hydrogen-bond donors (Lipinski definition) is 0. The van der Waals surface area contributed by atoms with Gasteiger partial charge < -0.3 is 4.74 Å². The third kappa shape index (κ3) is 3.35. The quantitative estimate of drug-likeness (QED) is 0.609. The van der Waals surface area contributed by atoms with Crippen molar-refractivity contribution in [1.29, 1.82) is 0 Å². The van der Waals surface area contributed by atoms with Crippen LogP contribution in [-0.2, 0) is 11.3 Å². The first kappa shape index (κ1) is 5.55. The van der Waals surface area contributed by atoms with E-state index < -0.39 is 6.37 Å². The molecule has 1 rings (SSSR count).